The highest BCUT2D eigenvalue weighted by molar-refractivity contribution is 8.00. The van der Waals surface area contributed by atoms with Crippen LogP contribution in [0.1, 0.15) is 25.7 Å². The predicted octanol–water partition coefficient (Wildman–Crippen LogP) is 4.90. The third-order valence-electron chi connectivity index (χ3n) is 3.15. The molecule has 0 aliphatic heterocycles. The SMILES string of the molecule is FC(F)(F)C1CCCCC1Sc1ccccc1. The van der Waals surface area contributed by atoms with Gasteiger partial charge in [0.1, 0.15) is 0 Å². The van der Waals surface area contributed by atoms with E-state index < -0.39 is 12.1 Å². The quantitative estimate of drug-likeness (QED) is 0.728. The number of hydrogen-bond donors (Lipinski definition) is 0. The normalized spacial score (nSPS) is 25.8. The van der Waals surface area contributed by atoms with E-state index in [4.69, 9.17) is 0 Å². The van der Waals surface area contributed by atoms with Crippen molar-refractivity contribution in [2.45, 2.75) is 42.0 Å². The van der Waals surface area contributed by atoms with E-state index in [1.165, 1.54) is 11.8 Å². The molecular formula is C13H15F3S. The van der Waals surface area contributed by atoms with E-state index >= 15 is 0 Å². The highest BCUT2D eigenvalue weighted by atomic mass is 32.2. The molecule has 1 aromatic carbocycles. The summed E-state index contributed by atoms with van der Waals surface area (Å²) in [6.07, 6.45) is -1.47. The van der Waals surface area contributed by atoms with Crippen LogP contribution in [0.15, 0.2) is 35.2 Å². The number of alkyl halides is 3. The Morgan fingerprint density at radius 3 is 2.29 bits per heavy atom. The van der Waals surface area contributed by atoms with E-state index in [1.807, 2.05) is 30.3 Å². The van der Waals surface area contributed by atoms with Crippen LogP contribution in [0, 0.1) is 5.92 Å². The lowest BCUT2D eigenvalue weighted by molar-refractivity contribution is -0.179. The summed E-state index contributed by atoms with van der Waals surface area (Å²) in [6, 6.07) is 9.38. The van der Waals surface area contributed by atoms with Gasteiger partial charge in [-0.05, 0) is 25.0 Å². The van der Waals surface area contributed by atoms with Gasteiger partial charge in [-0.3, -0.25) is 0 Å². The highest BCUT2D eigenvalue weighted by Gasteiger charge is 2.45. The Kier molecular flexibility index (Phi) is 4.02. The van der Waals surface area contributed by atoms with Gasteiger partial charge in [0, 0.05) is 10.1 Å². The molecule has 0 saturated heterocycles. The molecular weight excluding hydrogens is 245 g/mol. The third-order valence-corrected chi connectivity index (χ3v) is 4.56. The van der Waals surface area contributed by atoms with Crippen LogP contribution in [0.25, 0.3) is 0 Å². The first-order valence-corrected chi connectivity index (χ1v) is 6.74. The van der Waals surface area contributed by atoms with Gasteiger partial charge in [-0.2, -0.15) is 13.2 Å². The minimum absolute atomic E-state index is 0.286. The Balaban J connectivity index is 2.07. The minimum Gasteiger partial charge on any atom is -0.171 e. The van der Waals surface area contributed by atoms with Crippen LogP contribution in [-0.4, -0.2) is 11.4 Å². The molecule has 4 heteroatoms. The van der Waals surface area contributed by atoms with Crippen molar-refractivity contribution in [1.82, 2.24) is 0 Å². The molecule has 0 spiro atoms. The third kappa shape index (κ3) is 3.41. The van der Waals surface area contributed by atoms with Crippen LogP contribution < -0.4 is 0 Å². The maximum absolute atomic E-state index is 12.9. The molecule has 0 nitrogen and oxygen atoms in total. The highest BCUT2D eigenvalue weighted by Crippen LogP contribution is 2.44. The van der Waals surface area contributed by atoms with Gasteiger partial charge in [0.2, 0.25) is 0 Å². The molecule has 1 aliphatic carbocycles. The molecule has 0 N–H and O–H groups in total. The summed E-state index contributed by atoms with van der Waals surface area (Å²) in [7, 11) is 0. The standard InChI is InChI=1S/C13H15F3S/c14-13(15,16)11-8-4-5-9-12(11)17-10-6-2-1-3-7-10/h1-3,6-7,11-12H,4-5,8-9H2. The van der Waals surface area contributed by atoms with Crippen molar-refractivity contribution in [3.63, 3.8) is 0 Å². The van der Waals surface area contributed by atoms with E-state index in [0.717, 1.165) is 11.3 Å². The zero-order valence-corrected chi connectivity index (χ0v) is 10.2. The van der Waals surface area contributed by atoms with Crippen LogP contribution in [0.2, 0.25) is 0 Å². The second-order valence-electron chi connectivity index (χ2n) is 4.40. The zero-order valence-electron chi connectivity index (χ0n) is 9.41. The van der Waals surface area contributed by atoms with Crippen LogP contribution in [0.4, 0.5) is 13.2 Å². The van der Waals surface area contributed by atoms with Gasteiger partial charge in [0.15, 0.2) is 0 Å². The maximum atomic E-state index is 12.9. The van der Waals surface area contributed by atoms with E-state index in [9.17, 15) is 13.2 Å². The fourth-order valence-corrected chi connectivity index (χ4v) is 3.69. The van der Waals surface area contributed by atoms with Gasteiger partial charge in [-0.25, -0.2) is 0 Å². The summed E-state index contributed by atoms with van der Waals surface area (Å²) in [5.74, 6) is -1.14. The van der Waals surface area contributed by atoms with Crippen molar-refractivity contribution in [1.29, 1.82) is 0 Å². The van der Waals surface area contributed by atoms with E-state index in [0.29, 0.717) is 12.8 Å². The Hall–Kier alpha value is -0.640. The number of rotatable bonds is 2. The summed E-state index contributed by atoms with van der Waals surface area (Å²) in [5, 5.41) is -0.314. The molecule has 1 saturated carbocycles. The fourth-order valence-electron chi connectivity index (χ4n) is 2.29. The Bertz CT molecular complexity index is 347. The first-order valence-electron chi connectivity index (χ1n) is 5.86. The summed E-state index contributed by atoms with van der Waals surface area (Å²) in [4.78, 5) is 0.939. The second-order valence-corrected chi connectivity index (χ2v) is 5.71. The summed E-state index contributed by atoms with van der Waals surface area (Å²) in [6.45, 7) is 0. The smallest absolute Gasteiger partial charge is 0.171 e. The van der Waals surface area contributed by atoms with Crippen molar-refractivity contribution in [3.8, 4) is 0 Å². The molecule has 0 amide bonds. The second kappa shape index (κ2) is 5.34. The lowest BCUT2D eigenvalue weighted by Gasteiger charge is -2.32. The lowest BCUT2D eigenvalue weighted by Crippen LogP contribution is -2.34. The average Bonchev–Trinajstić information content (AvgIpc) is 2.30. The maximum Gasteiger partial charge on any atom is 0.392 e. The van der Waals surface area contributed by atoms with E-state index in [2.05, 4.69) is 0 Å². The first-order chi connectivity index (χ1) is 8.07. The minimum atomic E-state index is -4.05. The average molecular weight is 260 g/mol. The van der Waals surface area contributed by atoms with Gasteiger partial charge in [0.25, 0.3) is 0 Å². The fraction of sp³-hybridized carbons (Fsp3) is 0.538. The Labute approximate surface area is 104 Å². The van der Waals surface area contributed by atoms with Crippen molar-refractivity contribution < 1.29 is 13.2 Å². The molecule has 94 valence electrons. The molecule has 0 heterocycles. The first kappa shape index (κ1) is 12.8. The molecule has 1 fully saturated rings. The monoisotopic (exact) mass is 260 g/mol. The van der Waals surface area contributed by atoms with Crippen LogP contribution >= 0.6 is 11.8 Å². The van der Waals surface area contributed by atoms with E-state index in [1.54, 1.807) is 0 Å². The number of hydrogen-bond acceptors (Lipinski definition) is 1. The Morgan fingerprint density at radius 2 is 1.65 bits per heavy atom. The molecule has 1 aromatic rings. The largest absolute Gasteiger partial charge is 0.392 e. The molecule has 2 unspecified atom stereocenters. The molecule has 2 atom stereocenters. The van der Waals surface area contributed by atoms with Gasteiger partial charge in [-0.15, -0.1) is 11.8 Å². The van der Waals surface area contributed by atoms with Gasteiger partial charge in [0.05, 0.1) is 5.92 Å². The topological polar surface area (TPSA) is 0 Å². The molecule has 17 heavy (non-hydrogen) atoms. The number of thioether (sulfide) groups is 1. The van der Waals surface area contributed by atoms with Crippen LogP contribution in [0.5, 0.6) is 0 Å². The molecule has 0 aromatic heterocycles. The summed E-state index contributed by atoms with van der Waals surface area (Å²) < 4.78 is 38.6. The van der Waals surface area contributed by atoms with E-state index in [-0.39, 0.29) is 11.7 Å². The van der Waals surface area contributed by atoms with Crippen molar-refractivity contribution in [3.05, 3.63) is 30.3 Å². The van der Waals surface area contributed by atoms with Crippen LogP contribution in [0.3, 0.4) is 0 Å². The lowest BCUT2D eigenvalue weighted by atomic mass is 9.88. The predicted molar refractivity (Wildman–Crippen MR) is 64.1 cm³/mol. The van der Waals surface area contributed by atoms with Gasteiger partial charge in [-0.1, -0.05) is 31.0 Å². The molecule has 1 aliphatic rings. The van der Waals surface area contributed by atoms with Gasteiger partial charge >= 0.3 is 6.18 Å². The molecule has 2 rings (SSSR count). The van der Waals surface area contributed by atoms with Gasteiger partial charge < -0.3 is 0 Å². The van der Waals surface area contributed by atoms with Crippen molar-refractivity contribution >= 4 is 11.8 Å². The molecule has 0 radical (unpaired) electrons. The summed E-state index contributed by atoms with van der Waals surface area (Å²) in [5.41, 5.74) is 0. The number of benzene rings is 1. The van der Waals surface area contributed by atoms with Crippen molar-refractivity contribution in [2.24, 2.45) is 5.92 Å². The van der Waals surface area contributed by atoms with Crippen molar-refractivity contribution in [2.75, 3.05) is 0 Å². The number of halogens is 3. The van der Waals surface area contributed by atoms with Crippen LogP contribution in [-0.2, 0) is 0 Å². The molecule has 0 bridgehead atoms. The summed E-state index contributed by atoms with van der Waals surface area (Å²) >= 11 is 1.38. The zero-order chi connectivity index (χ0) is 12.3. The Morgan fingerprint density at radius 1 is 1.00 bits per heavy atom.